The van der Waals surface area contributed by atoms with E-state index in [-0.39, 0.29) is 18.3 Å². The number of rotatable bonds is 2. The summed E-state index contributed by atoms with van der Waals surface area (Å²) in [5.41, 5.74) is 0. The Morgan fingerprint density at radius 1 is 1.50 bits per heavy atom. The van der Waals surface area contributed by atoms with Gasteiger partial charge >= 0.3 is 0 Å². The van der Waals surface area contributed by atoms with Crippen molar-refractivity contribution in [3.63, 3.8) is 0 Å². The van der Waals surface area contributed by atoms with Gasteiger partial charge in [-0.15, -0.1) is 12.4 Å². The minimum atomic E-state index is 0. The molecule has 0 unspecified atom stereocenters. The Kier molecular flexibility index (Phi) is 6.11. The molecule has 0 atom stereocenters. The average molecular weight is 193 g/mol. The minimum Gasteiger partial charge on any atom is -0.353 e. The van der Waals surface area contributed by atoms with Crippen molar-refractivity contribution in [1.82, 2.24) is 10.6 Å². The third-order valence-corrected chi connectivity index (χ3v) is 2.03. The molecular formula is C8H17ClN2O. The highest BCUT2D eigenvalue weighted by Gasteiger charge is 2.13. The summed E-state index contributed by atoms with van der Waals surface area (Å²) in [6.07, 6.45) is 2.75. The van der Waals surface area contributed by atoms with Crippen molar-refractivity contribution in [2.45, 2.75) is 32.2 Å². The lowest BCUT2D eigenvalue weighted by atomic mass is 10.1. The highest BCUT2D eigenvalue weighted by Crippen LogP contribution is 2.01. The minimum absolute atomic E-state index is 0. The molecule has 1 saturated heterocycles. The highest BCUT2D eigenvalue weighted by atomic mass is 35.5. The van der Waals surface area contributed by atoms with E-state index in [0.29, 0.717) is 12.5 Å². The quantitative estimate of drug-likeness (QED) is 0.676. The van der Waals surface area contributed by atoms with E-state index in [2.05, 4.69) is 10.6 Å². The van der Waals surface area contributed by atoms with Crippen LogP contribution in [0.4, 0.5) is 0 Å². The smallest absolute Gasteiger partial charge is 0.219 e. The summed E-state index contributed by atoms with van der Waals surface area (Å²) in [7, 11) is 0. The van der Waals surface area contributed by atoms with Crippen molar-refractivity contribution in [2.75, 3.05) is 13.1 Å². The number of piperidine rings is 1. The molecule has 3 nitrogen and oxygen atoms in total. The van der Waals surface area contributed by atoms with Gasteiger partial charge in [-0.1, -0.05) is 6.92 Å². The molecule has 0 spiro atoms. The standard InChI is InChI=1S/C8H16N2O.ClH/c1-2-8(11)10-7-3-5-9-6-4-7;/h7,9H,2-6H2,1H3,(H,10,11);1H. The molecule has 0 saturated carbocycles. The number of nitrogens with one attached hydrogen (secondary N) is 2. The topological polar surface area (TPSA) is 41.1 Å². The zero-order chi connectivity index (χ0) is 8.10. The van der Waals surface area contributed by atoms with Crippen molar-refractivity contribution in [3.8, 4) is 0 Å². The summed E-state index contributed by atoms with van der Waals surface area (Å²) in [5.74, 6) is 0.178. The monoisotopic (exact) mass is 192 g/mol. The summed E-state index contributed by atoms with van der Waals surface area (Å²) in [6, 6.07) is 0.420. The number of carbonyl (C=O) groups is 1. The van der Waals surface area contributed by atoms with E-state index in [1.807, 2.05) is 6.92 Å². The second-order valence-corrected chi connectivity index (χ2v) is 2.95. The van der Waals surface area contributed by atoms with Crippen molar-refractivity contribution in [2.24, 2.45) is 0 Å². The molecule has 0 radical (unpaired) electrons. The molecule has 12 heavy (non-hydrogen) atoms. The molecule has 4 heteroatoms. The number of amides is 1. The van der Waals surface area contributed by atoms with Gasteiger partial charge in [-0.2, -0.15) is 0 Å². The Bertz CT molecular complexity index is 135. The lowest BCUT2D eigenvalue weighted by molar-refractivity contribution is -0.121. The lowest BCUT2D eigenvalue weighted by Crippen LogP contribution is -2.42. The molecule has 0 aliphatic carbocycles. The molecule has 0 aromatic heterocycles. The molecule has 1 aliphatic rings. The van der Waals surface area contributed by atoms with E-state index in [1.54, 1.807) is 0 Å². The molecule has 1 aliphatic heterocycles. The summed E-state index contributed by atoms with van der Waals surface area (Å²) in [5, 5.41) is 6.24. The van der Waals surface area contributed by atoms with Crippen LogP contribution in [0.15, 0.2) is 0 Å². The van der Waals surface area contributed by atoms with Gasteiger partial charge in [0.15, 0.2) is 0 Å². The van der Waals surface area contributed by atoms with E-state index in [9.17, 15) is 4.79 Å². The highest BCUT2D eigenvalue weighted by molar-refractivity contribution is 5.85. The van der Waals surface area contributed by atoms with Gasteiger partial charge in [0.05, 0.1) is 0 Å². The average Bonchev–Trinajstić information content (AvgIpc) is 2.06. The van der Waals surface area contributed by atoms with Gasteiger partial charge in [0.25, 0.3) is 0 Å². The van der Waals surface area contributed by atoms with Crippen LogP contribution in [0.1, 0.15) is 26.2 Å². The fraction of sp³-hybridized carbons (Fsp3) is 0.875. The fourth-order valence-corrected chi connectivity index (χ4v) is 1.30. The van der Waals surface area contributed by atoms with Crippen molar-refractivity contribution in [3.05, 3.63) is 0 Å². The normalized spacial score (nSPS) is 18.1. The first-order valence-electron chi connectivity index (χ1n) is 4.33. The zero-order valence-corrected chi connectivity index (χ0v) is 8.25. The molecule has 1 rings (SSSR count). The predicted molar refractivity (Wildman–Crippen MR) is 51.6 cm³/mol. The Hall–Kier alpha value is -0.280. The SMILES string of the molecule is CCC(=O)NC1CCNCC1.Cl. The lowest BCUT2D eigenvalue weighted by Gasteiger charge is -2.23. The zero-order valence-electron chi connectivity index (χ0n) is 7.43. The van der Waals surface area contributed by atoms with E-state index in [4.69, 9.17) is 0 Å². The summed E-state index contributed by atoms with van der Waals surface area (Å²) >= 11 is 0. The van der Waals surface area contributed by atoms with Gasteiger partial charge in [-0.25, -0.2) is 0 Å². The third-order valence-electron chi connectivity index (χ3n) is 2.03. The van der Waals surface area contributed by atoms with Crippen LogP contribution in [-0.2, 0) is 4.79 Å². The number of hydrogen-bond donors (Lipinski definition) is 2. The molecule has 72 valence electrons. The van der Waals surface area contributed by atoms with Gasteiger partial charge in [0, 0.05) is 12.5 Å². The molecule has 0 aromatic rings. The van der Waals surface area contributed by atoms with Crippen molar-refractivity contribution < 1.29 is 4.79 Å². The van der Waals surface area contributed by atoms with Crippen LogP contribution in [-0.4, -0.2) is 25.0 Å². The van der Waals surface area contributed by atoms with Crippen LogP contribution in [0, 0.1) is 0 Å². The van der Waals surface area contributed by atoms with Crippen LogP contribution < -0.4 is 10.6 Å². The van der Waals surface area contributed by atoms with Gasteiger partial charge in [-0.3, -0.25) is 4.79 Å². The van der Waals surface area contributed by atoms with Crippen molar-refractivity contribution in [1.29, 1.82) is 0 Å². The molecule has 2 N–H and O–H groups in total. The van der Waals surface area contributed by atoms with Gasteiger partial charge in [0.2, 0.25) is 5.91 Å². The van der Waals surface area contributed by atoms with Gasteiger partial charge < -0.3 is 10.6 Å². The summed E-state index contributed by atoms with van der Waals surface area (Å²) < 4.78 is 0. The maximum absolute atomic E-state index is 10.9. The fourth-order valence-electron chi connectivity index (χ4n) is 1.30. The first-order valence-corrected chi connectivity index (χ1v) is 4.33. The van der Waals surface area contributed by atoms with E-state index >= 15 is 0 Å². The predicted octanol–water partition coefficient (Wildman–Crippen LogP) is 0.686. The maximum atomic E-state index is 10.9. The second-order valence-electron chi connectivity index (χ2n) is 2.95. The first kappa shape index (κ1) is 11.7. The number of hydrogen-bond acceptors (Lipinski definition) is 2. The van der Waals surface area contributed by atoms with E-state index in [0.717, 1.165) is 25.9 Å². The Labute approximate surface area is 79.7 Å². The van der Waals surface area contributed by atoms with Crippen LogP contribution in [0.2, 0.25) is 0 Å². The van der Waals surface area contributed by atoms with Crippen LogP contribution in [0.25, 0.3) is 0 Å². The molecule has 0 bridgehead atoms. The summed E-state index contributed by atoms with van der Waals surface area (Å²) in [6.45, 7) is 3.96. The molecule has 0 aromatic carbocycles. The van der Waals surface area contributed by atoms with Crippen molar-refractivity contribution >= 4 is 18.3 Å². The Morgan fingerprint density at radius 2 is 2.08 bits per heavy atom. The maximum Gasteiger partial charge on any atom is 0.219 e. The Balaban J connectivity index is 0.00000121. The largest absolute Gasteiger partial charge is 0.353 e. The van der Waals surface area contributed by atoms with Crippen LogP contribution >= 0.6 is 12.4 Å². The van der Waals surface area contributed by atoms with Crippen LogP contribution in [0.5, 0.6) is 0 Å². The molecule has 1 heterocycles. The van der Waals surface area contributed by atoms with Gasteiger partial charge in [0.1, 0.15) is 0 Å². The Morgan fingerprint density at radius 3 is 2.58 bits per heavy atom. The molecular weight excluding hydrogens is 176 g/mol. The molecule has 1 amide bonds. The van der Waals surface area contributed by atoms with Gasteiger partial charge in [-0.05, 0) is 25.9 Å². The van der Waals surface area contributed by atoms with Crippen LogP contribution in [0.3, 0.4) is 0 Å². The number of halogens is 1. The van der Waals surface area contributed by atoms with E-state index in [1.165, 1.54) is 0 Å². The summed E-state index contributed by atoms with van der Waals surface area (Å²) in [4.78, 5) is 10.9. The first-order chi connectivity index (χ1) is 5.33. The molecule has 1 fully saturated rings. The number of carbonyl (C=O) groups excluding carboxylic acids is 1. The van der Waals surface area contributed by atoms with E-state index < -0.39 is 0 Å². The second kappa shape index (κ2) is 6.26. The third kappa shape index (κ3) is 3.93.